The lowest BCUT2D eigenvalue weighted by Gasteiger charge is -2.11. The van der Waals surface area contributed by atoms with Gasteiger partial charge in [0.05, 0.1) is 10.5 Å². The van der Waals surface area contributed by atoms with E-state index in [1.165, 1.54) is 12.1 Å². The number of sulfonamides is 1. The number of anilines is 2. The van der Waals surface area contributed by atoms with Crippen molar-refractivity contribution >= 4 is 21.4 Å². The fraction of sp³-hybridized carbons (Fsp3) is 0.125. The number of alkyl halides is 3. The molecule has 0 radical (unpaired) electrons. The highest BCUT2D eigenvalue weighted by Crippen LogP contribution is 2.31. The summed E-state index contributed by atoms with van der Waals surface area (Å²) in [6, 6.07) is 8.40. The first kappa shape index (κ1) is 16.4. The van der Waals surface area contributed by atoms with Crippen LogP contribution in [0.3, 0.4) is 0 Å². The van der Waals surface area contributed by atoms with Crippen LogP contribution in [-0.4, -0.2) is 8.42 Å². The largest absolute Gasteiger partial charge is 0.416 e. The molecule has 0 saturated carbocycles. The van der Waals surface area contributed by atoms with Gasteiger partial charge in [0.2, 0.25) is 0 Å². The van der Waals surface area contributed by atoms with Crippen molar-refractivity contribution in [1.82, 2.24) is 0 Å². The predicted molar refractivity (Wildman–Crippen MR) is 85.2 cm³/mol. The lowest BCUT2D eigenvalue weighted by molar-refractivity contribution is -0.137. The monoisotopic (exact) mass is 354 g/mol. The molecule has 0 unspecified atom stereocenters. The van der Waals surface area contributed by atoms with Crippen LogP contribution in [0.5, 0.6) is 0 Å². The zero-order valence-corrected chi connectivity index (χ0v) is 13.1. The number of nitrogens with one attached hydrogen (secondary N) is 2. The second kappa shape index (κ2) is 5.55. The van der Waals surface area contributed by atoms with E-state index < -0.39 is 21.8 Å². The smallest absolute Gasteiger partial charge is 0.359 e. The zero-order valence-electron chi connectivity index (χ0n) is 12.3. The van der Waals surface area contributed by atoms with Gasteiger partial charge in [0.15, 0.2) is 0 Å². The lowest BCUT2D eigenvalue weighted by Crippen LogP contribution is -2.13. The van der Waals surface area contributed by atoms with Gasteiger partial charge in [-0.05, 0) is 48.0 Å². The Balaban J connectivity index is 1.84. The molecule has 1 heterocycles. The fourth-order valence-electron chi connectivity index (χ4n) is 2.41. The molecule has 1 aliphatic heterocycles. The maximum atomic E-state index is 12.5. The first-order valence-electron chi connectivity index (χ1n) is 6.93. The first-order valence-corrected chi connectivity index (χ1v) is 8.41. The Morgan fingerprint density at radius 3 is 2.38 bits per heavy atom. The lowest BCUT2D eigenvalue weighted by atomic mass is 10.1. The minimum Gasteiger partial charge on any atom is -0.359 e. The van der Waals surface area contributed by atoms with Gasteiger partial charge in [-0.1, -0.05) is 6.58 Å². The third kappa shape index (κ3) is 3.23. The topological polar surface area (TPSA) is 58.2 Å². The standard InChI is InChI=1S/C16H13F3N2O2S/c1-10-8-11-9-14(6-7-15(11)20-10)24(22,23)21-13-4-2-12(3-5-13)16(17,18)19/h2-7,9,20-21H,1,8H2. The summed E-state index contributed by atoms with van der Waals surface area (Å²) in [7, 11) is -3.89. The van der Waals surface area contributed by atoms with Gasteiger partial charge in [-0.15, -0.1) is 0 Å². The van der Waals surface area contributed by atoms with Crippen LogP contribution in [0.1, 0.15) is 11.1 Å². The van der Waals surface area contributed by atoms with E-state index in [4.69, 9.17) is 0 Å². The van der Waals surface area contributed by atoms with E-state index in [0.29, 0.717) is 6.42 Å². The molecular formula is C16H13F3N2O2S. The molecule has 0 spiro atoms. The average molecular weight is 354 g/mol. The molecule has 0 aromatic heterocycles. The number of fused-ring (bicyclic) bond motifs is 1. The summed E-state index contributed by atoms with van der Waals surface area (Å²) in [6.07, 6.45) is -3.94. The highest BCUT2D eigenvalue weighted by atomic mass is 32.2. The van der Waals surface area contributed by atoms with E-state index in [0.717, 1.165) is 41.2 Å². The molecule has 0 aliphatic carbocycles. The molecule has 0 atom stereocenters. The summed E-state index contributed by atoms with van der Waals surface area (Å²) in [4.78, 5) is 0.0395. The van der Waals surface area contributed by atoms with Crippen LogP contribution >= 0.6 is 0 Å². The molecule has 0 saturated heterocycles. The summed E-state index contributed by atoms with van der Waals surface area (Å²) in [5.74, 6) is 0. The van der Waals surface area contributed by atoms with Gasteiger partial charge in [-0.2, -0.15) is 13.2 Å². The maximum absolute atomic E-state index is 12.5. The van der Waals surface area contributed by atoms with E-state index in [2.05, 4.69) is 16.6 Å². The Morgan fingerprint density at radius 1 is 1.08 bits per heavy atom. The van der Waals surface area contributed by atoms with Crippen molar-refractivity contribution in [2.45, 2.75) is 17.5 Å². The van der Waals surface area contributed by atoms with Crippen LogP contribution in [0.15, 0.2) is 59.6 Å². The van der Waals surface area contributed by atoms with Crippen LogP contribution in [0.4, 0.5) is 24.5 Å². The average Bonchev–Trinajstić information content (AvgIpc) is 2.85. The van der Waals surface area contributed by atoms with E-state index >= 15 is 0 Å². The highest BCUT2D eigenvalue weighted by Gasteiger charge is 2.30. The summed E-state index contributed by atoms with van der Waals surface area (Å²) in [5, 5.41) is 3.03. The molecule has 1 aliphatic rings. The Bertz CT molecular complexity index is 904. The summed E-state index contributed by atoms with van der Waals surface area (Å²) < 4.78 is 64.6. The molecule has 24 heavy (non-hydrogen) atoms. The third-order valence-corrected chi connectivity index (χ3v) is 4.95. The molecule has 0 fully saturated rings. The first-order chi connectivity index (χ1) is 11.1. The summed E-state index contributed by atoms with van der Waals surface area (Å²) in [6.45, 7) is 3.79. The minimum atomic E-state index is -4.47. The Morgan fingerprint density at radius 2 is 1.75 bits per heavy atom. The Labute approximate surface area is 137 Å². The van der Waals surface area contributed by atoms with Crippen LogP contribution < -0.4 is 10.0 Å². The molecule has 0 amide bonds. The van der Waals surface area contributed by atoms with Crippen LogP contribution in [-0.2, 0) is 22.6 Å². The Hall–Kier alpha value is -2.48. The normalized spacial score (nSPS) is 14.2. The SMILES string of the molecule is C=C1Cc2cc(S(=O)(=O)Nc3ccc(C(F)(F)F)cc3)ccc2N1. The number of halogens is 3. The van der Waals surface area contributed by atoms with Gasteiger partial charge in [0.25, 0.3) is 10.0 Å². The third-order valence-electron chi connectivity index (χ3n) is 3.57. The van der Waals surface area contributed by atoms with Crippen LogP contribution in [0.25, 0.3) is 0 Å². The van der Waals surface area contributed by atoms with Gasteiger partial charge in [0, 0.05) is 23.5 Å². The zero-order chi connectivity index (χ0) is 17.5. The van der Waals surface area contributed by atoms with Gasteiger partial charge in [0.1, 0.15) is 0 Å². The van der Waals surface area contributed by atoms with Crippen molar-refractivity contribution in [3.05, 3.63) is 65.9 Å². The van der Waals surface area contributed by atoms with Gasteiger partial charge in [-0.3, -0.25) is 4.72 Å². The van der Waals surface area contributed by atoms with E-state index in [9.17, 15) is 21.6 Å². The predicted octanol–water partition coefficient (Wildman–Crippen LogP) is 3.99. The molecule has 8 heteroatoms. The van der Waals surface area contributed by atoms with Crippen molar-refractivity contribution in [2.24, 2.45) is 0 Å². The number of benzene rings is 2. The summed E-state index contributed by atoms with van der Waals surface area (Å²) >= 11 is 0. The molecule has 126 valence electrons. The van der Waals surface area contributed by atoms with Crippen molar-refractivity contribution in [2.75, 3.05) is 10.0 Å². The molecule has 3 rings (SSSR count). The van der Waals surface area contributed by atoms with Crippen LogP contribution in [0.2, 0.25) is 0 Å². The van der Waals surface area contributed by atoms with Crippen LogP contribution in [0, 0.1) is 0 Å². The van der Waals surface area contributed by atoms with Crippen molar-refractivity contribution in [3.8, 4) is 0 Å². The maximum Gasteiger partial charge on any atom is 0.416 e. The molecule has 0 bridgehead atoms. The molecular weight excluding hydrogens is 341 g/mol. The highest BCUT2D eigenvalue weighted by molar-refractivity contribution is 7.92. The van der Waals surface area contributed by atoms with E-state index in [-0.39, 0.29) is 10.6 Å². The van der Waals surface area contributed by atoms with Gasteiger partial charge in [-0.25, -0.2) is 8.42 Å². The second-order valence-corrected chi connectivity index (χ2v) is 7.09. The number of hydrogen-bond donors (Lipinski definition) is 2. The molecule has 4 nitrogen and oxygen atoms in total. The number of allylic oxidation sites excluding steroid dienone is 1. The summed E-state index contributed by atoms with van der Waals surface area (Å²) in [5.41, 5.74) is 1.60. The number of hydrogen-bond acceptors (Lipinski definition) is 3. The molecule has 2 aromatic rings. The van der Waals surface area contributed by atoms with E-state index in [1.807, 2.05) is 0 Å². The van der Waals surface area contributed by atoms with Gasteiger partial charge >= 0.3 is 6.18 Å². The van der Waals surface area contributed by atoms with Crippen molar-refractivity contribution in [3.63, 3.8) is 0 Å². The van der Waals surface area contributed by atoms with E-state index in [1.54, 1.807) is 6.07 Å². The van der Waals surface area contributed by atoms with Gasteiger partial charge < -0.3 is 5.32 Å². The quantitative estimate of drug-likeness (QED) is 0.876. The Kier molecular flexibility index (Phi) is 3.79. The second-order valence-electron chi connectivity index (χ2n) is 5.40. The fourth-order valence-corrected chi connectivity index (χ4v) is 3.52. The van der Waals surface area contributed by atoms with Crippen molar-refractivity contribution in [1.29, 1.82) is 0 Å². The number of rotatable bonds is 3. The molecule has 2 N–H and O–H groups in total. The van der Waals surface area contributed by atoms with Crippen molar-refractivity contribution < 1.29 is 21.6 Å². The minimum absolute atomic E-state index is 0.0395. The molecule has 2 aromatic carbocycles.